The number of hydrogen-bond acceptors (Lipinski definition) is 4. The van der Waals surface area contributed by atoms with Gasteiger partial charge in [-0.2, -0.15) is 13.2 Å². The number of halogens is 3. The number of aromatic nitrogens is 2. The lowest BCUT2D eigenvalue weighted by Gasteiger charge is -2.31. The van der Waals surface area contributed by atoms with Crippen LogP contribution in [0.2, 0.25) is 0 Å². The molecule has 2 heterocycles. The van der Waals surface area contributed by atoms with Gasteiger partial charge in [0.15, 0.2) is 0 Å². The third kappa shape index (κ3) is 4.54. The lowest BCUT2D eigenvalue weighted by molar-refractivity contribution is -0.0872. The minimum Gasteiger partial charge on any atom is -0.404 e. The van der Waals surface area contributed by atoms with E-state index < -0.39 is 11.7 Å². The second-order valence-electron chi connectivity index (χ2n) is 6.30. The number of fused-ring (bicyclic) bond motifs is 1. The van der Waals surface area contributed by atoms with Gasteiger partial charge in [-0.25, -0.2) is 9.98 Å². The Morgan fingerprint density at radius 1 is 1.36 bits per heavy atom. The molecule has 1 aliphatic heterocycles. The molecule has 0 bridgehead atoms. The number of amidine groups is 1. The van der Waals surface area contributed by atoms with Crippen LogP contribution >= 0.6 is 0 Å². The number of nitrogens with two attached hydrogens (primary N) is 1. The second-order valence-corrected chi connectivity index (χ2v) is 6.30. The zero-order valence-corrected chi connectivity index (χ0v) is 15.1. The van der Waals surface area contributed by atoms with Crippen LogP contribution < -0.4 is 11.1 Å². The van der Waals surface area contributed by atoms with Crippen LogP contribution in [-0.2, 0) is 19.5 Å². The molecule has 0 saturated carbocycles. The van der Waals surface area contributed by atoms with Crippen LogP contribution in [-0.4, -0.2) is 33.4 Å². The Bertz CT molecular complexity index is 883. The van der Waals surface area contributed by atoms with E-state index in [9.17, 15) is 13.2 Å². The maximum Gasteiger partial charge on any atom is 0.421 e. The molecule has 6 nitrogen and oxygen atoms in total. The molecule has 148 valence electrons. The van der Waals surface area contributed by atoms with E-state index in [-0.39, 0.29) is 18.2 Å². The first-order chi connectivity index (χ1) is 13.4. The van der Waals surface area contributed by atoms with E-state index in [0.29, 0.717) is 31.4 Å². The van der Waals surface area contributed by atoms with E-state index in [4.69, 9.17) is 5.73 Å². The van der Waals surface area contributed by atoms with Gasteiger partial charge in [-0.05, 0) is 5.56 Å². The molecule has 0 radical (unpaired) electrons. The van der Waals surface area contributed by atoms with Gasteiger partial charge in [0, 0.05) is 31.4 Å². The molecular formula is C19H21F3N6. The standard InChI is InChI=1S/C19H21F3N6/c1-13(24-10-14-5-3-2-4-6-14)27-18(15(9-23)19(20,21)22)28-8-7-16-17(11-28)26-12-25-16/h2-6,9,12,24H,1,7-8,10-11,23H2,(H,25,26)/b15-9+,27-18+. The van der Waals surface area contributed by atoms with Crippen molar-refractivity contribution in [3.8, 4) is 0 Å². The Labute approximate surface area is 160 Å². The summed E-state index contributed by atoms with van der Waals surface area (Å²) < 4.78 is 40.6. The van der Waals surface area contributed by atoms with Crippen LogP contribution in [0.15, 0.2) is 65.8 Å². The third-order valence-electron chi connectivity index (χ3n) is 4.37. The SMILES string of the molecule is C=C(/N=C(\C(=C/N)C(F)(F)F)N1CCc2[nH]cnc2C1)NCc1ccccc1. The average molecular weight is 390 g/mol. The predicted molar refractivity (Wildman–Crippen MR) is 101 cm³/mol. The Morgan fingerprint density at radius 3 is 2.79 bits per heavy atom. The molecular weight excluding hydrogens is 369 g/mol. The van der Waals surface area contributed by atoms with Gasteiger partial charge in [0.2, 0.25) is 0 Å². The van der Waals surface area contributed by atoms with E-state index in [1.165, 1.54) is 11.2 Å². The third-order valence-corrected chi connectivity index (χ3v) is 4.37. The molecule has 28 heavy (non-hydrogen) atoms. The quantitative estimate of drug-likeness (QED) is 0.542. The molecule has 0 spiro atoms. The molecule has 0 atom stereocenters. The van der Waals surface area contributed by atoms with Crippen molar-refractivity contribution >= 4 is 5.84 Å². The first-order valence-electron chi connectivity index (χ1n) is 8.69. The minimum absolute atomic E-state index is 0.121. The Morgan fingerprint density at radius 2 is 2.11 bits per heavy atom. The summed E-state index contributed by atoms with van der Waals surface area (Å²) in [4.78, 5) is 12.8. The Kier molecular flexibility index (Phi) is 5.72. The first kappa shape index (κ1) is 19.5. The van der Waals surface area contributed by atoms with E-state index in [2.05, 4.69) is 26.9 Å². The molecule has 4 N–H and O–H groups in total. The number of alkyl halides is 3. The van der Waals surface area contributed by atoms with E-state index in [1.807, 2.05) is 30.3 Å². The predicted octanol–water partition coefficient (Wildman–Crippen LogP) is 2.83. The Hall–Kier alpha value is -3.23. The minimum atomic E-state index is -4.64. The molecule has 0 amide bonds. The van der Waals surface area contributed by atoms with Crippen LogP contribution in [0, 0.1) is 0 Å². The zero-order chi connectivity index (χ0) is 20.1. The molecule has 2 aromatic rings. The number of imidazole rings is 1. The van der Waals surface area contributed by atoms with Crippen LogP contribution in [0.4, 0.5) is 13.2 Å². The van der Waals surface area contributed by atoms with Gasteiger partial charge in [-0.3, -0.25) is 0 Å². The fraction of sp³-hybridized carbons (Fsp3) is 0.263. The molecule has 9 heteroatoms. The van der Waals surface area contributed by atoms with Crippen LogP contribution in [0.25, 0.3) is 0 Å². The molecule has 0 unspecified atom stereocenters. The van der Waals surface area contributed by atoms with Crippen molar-refractivity contribution in [3.05, 3.63) is 77.8 Å². The van der Waals surface area contributed by atoms with Gasteiger partial charge in [0.05, 0.1) is 18.6 Å². The van der Waals surface area contributed by atoms with Crippen molar-refractivity contribution < 1.29 is 13.2 Å². The molecule has 1 aromatic carbocycles. The van der Waals surface area contributed by atoms with Crippen molar-refractivity contribution in [2.45, 2.75) is 25.7 Å². The van der Waals surface area contributed by atoms with Gasteiger partial charge in [0.1, 0.15) is 17.2 Å². The van der Waals surface area contributed by atoms with Crippen molar-refractivity contribution in [3.63, 3.8) is 0 Å². The summed E-state index contributed by atoms with van der Waals surface area (Å²) in [6.07, 6.45) is -2.02. The smallest absolute Gasteiger partial charge is 0.404 e. The highest BCUT2D eigenvalue weighted by Gasteiger charge is 2.40. The van der Waals surface area contributed by atoms with Crippen molar-refractivity contribution in [1.82, 2.24) is 20.2 Å². The fourth-order valence-electron chi connectivity index (χ4n) is 2.95. The Balaban J connectivity index is 1.83. The number of nitrogens with zero attached hydrogens (tertiary/aromatic N) is 3. The van der Waals surface area contributed by atoms with E-state index in [1.54, 1.807) is 0 Å². The highest BCUT2D eigenvalue weighted by Crippen LogP contribution is 2.29. The van der Waals surface area contributed by atoms with Crippen LogP contribution in [0.1, 0.15) is 17.0 Å². The van der Waals surface area contributed by atoms with Gasteiger partial charge >= 0.3 is 6.18 Å². The fourth-order valence-corrected chi connectivity index (χ4v) is 2.95. The summed E-state index contributed by atoms with van der Waals surface area (Å²) in [5.41, 5.74) is 6.89. The maximum absolute atomic E-state index is 13.5. The highest BCUT2D eigenvalue weighted by atomic mass is 19.4. The largest absolute Gasteiger partial charge is 0.421 e. The van der Waals surface area contributed by atoms with E-state index >= 15 is 0 Å². The molecule has 3 rings (SSSR count). The highest BCUT2D eigenvalue weighted by molar-refractivity contribution is 6.00. The molecule has 1 aliphatic rings. The lowest BCUT2D eigenvalue weighted by Crippen LogP contribution is -2.41. The number of nitrogens with one attached hydrogen (secondary N) is 2. The summed E-state index contributed by atoms with van der Waals surface area (Å²) >= 11 is 0. The van der Waals surface area contributed by atoms with E-state index in [0.717, 1.165) is 11.3 Å². The number of aromatic amines is 1. The first-order valence-corrected chi connectivity index (χ1v) is 8.69. The van der Waals surface area contributed by atoms with Gasteiger partial charge in [-0.15, -0.1) is 0 Å². The summed E-state index contributed by atoms with van der Waals surface area (Å²) in [5, 5.41) is 2.95. The molecule has 0 saturated heterocycles. The summed E-state index contributed by atoms with van der Waals surface area (Å²) in [6.45, 7) is 4.71. The number of H-pyrrole nitrogens is 1. The van der Waals surface area contributed by atoms with Crippen molar-refractivity contribution in [2.75, 3.05) is 6.54 Å². The summed E-state index contributed by atoms with van der Waals surface area (Å²) in [5.74, 6) is -0.149. The molecule has 0 fully saturated rings. The number of hydrogen-bond donors (Lipinski definition) is 3. The zero-order valence-electron chi connectivity index (χ0n) is 15.1. The topological polar surface area (TPSA) is 82.3 Å². The maximum atomic E-state index is 13.5. The average Bonchev–Trinajstić information content (AvgIpc) is 3.13. The van der Waals surface area contributed by atoms with Crippen LogP contribution in [0.5, 0.6) is 0 Å². The monoisotopic (exact) mass is 390 g/mol. The van der Waals surface area contributed by atoms with Crippen molar-refractivity contribution in [2.24, 2.45) is 10.7 Å². The number of benzene rings is 1. The van der Waals surface area contributed by atoms with Gasteiger partial charge in [0.25, 0.3) is 0 Å². The van der Waals surface area contributed by atoms with Gasteiger partial charge in [-0.1, -0.05) is 36.9 Å². The summed E-state index contributed by atoms with van der Waals surface area (Å²) in [7, 11) is 0. The molecule has 0 aliphatic carbocycles. The van der Waals surface area contributed by atoms with Gasteiger partial charge < -0.3 is 20.9 Å². The van der Waals surface area contributed by atoms with Crippen molar-refractivity contribution in [1.29, 1.82) is 0 Å². The second kappa shape index (κ2) is 8.20. The lowest BCUT2D eigenvalue weighted by atomic mass is 10.1. The molecule has 1 aromatic heterocycles. The van der Waals surface area contributed by atoms with Crippen LogP contribution in [0.3, 0.4) is 0 Å². The normalized spacial score (nSPS) is 15.3. The number of aliphatic imine (C=N–C) groups is 1. The number of rotatable bonds is 5. The summed E-state index contributed by atoms with van der Waals surface area (Å²) in [6, 6.07) is 9.44.